The molecule has 95 heavy (non-hydrogen) atoms. The number of carbonyl (C=O) groups is 4. The van der Waals surface area contributed by atoms with Gasteiger partial charge in [-0.25, -0.2) is 19.2 Å². The Kier molecular flexibility index (Phi) is 26.5. The minimum absolute atomic E-state index is 0.0452. The van der Waals surface area contributed by atoms with E-state index in [-0.39, 0.29) is 45.0 Å². The number of esters is 3. The lowest BCUT2D eigenvalue weighted by atomic mass is 9.87. The number of ether oxygens (including phenoxy) is 16. The van der Waals surface area contributed by atoms with E-state index in [0.29, 0.717) is 12.0 Å². The third-order valence-corrected chi connectivity index (χ3v) is 16.8. The van der Waals surface area contributed by atoms with Crippen LogP contribution in [0, 0.1) is 5.92 Å². The number of hydrogen-bond donors (Lipinski definition) is 0. The number of nitrogens with zero attached hydrogens (tertiary/aromatic N) is 6. The van der Waals surface area contributed by atoms with Gasteiger partial charge < -0.3 is 75.8 Å². The molecule has 0 radical (unpaired) electrons. The van der Waals surface area contributed by atoms with Crippen molar-refractivity contribution in [2.75, 3.05) is 20.8 Å². The maximum Gasteiger partial charge on any atom is 0.509 e. The molecule has 4 fully saturated rings. The Morgan fingerprint density at radius 1 is 0.484 bits per heavy atom. The molecule has 4 aliphatic rings. The van der Waals surface area contributed by atoms with Crippen LogP contribution in [-0.2, 0) is 112 Å². The number of carbonyl (C=O) groups excluding carboxylic acids is 4. The molecule has 0 spiro atoms. The molecule has 0 N–H and O–H groups in total. The van der Waals surface area contributed by atoms with Crippen LogP contribution in [0.1, 0.15) is 73.1 Å². The van der Waals surface area contributed by atoms with Gasteiger partial charge in [0, 0.05) is 9.82 Å². The van der Waals surface area contributed by atoms with Crippen LogP contribution >= 0.6 is 0 Å². The first kappa shape index (κ1) is 71.0. The van der Waals surface area contributed by atoms with Crippen molar-refractivity contribution < 1.29 is 95.0 Å². The van der Waals surface area contributed by atoms with E-state index in [0.717, 1.165) is 23.8 Å². The first-order valence-electron chi connectivity index (χ1n) is 31.5. The highest BCUT2D eigenvalue weighted by atomic mass is 16.8. The smallest absolute Gasteiger partial charge is 0.467 e. The lowest BCUT2D eigenvalue weighted by Gasteiger charge is -2.51. The zero-order chi connectivity index (χ0) is 67.2. The Balaban J connectivity index is 1.07. The van der Waals surface area contributed by atoms with E-state index in [1.54, 1.807) is 75.4 Å². The summed E-state index contributed by atoms with van der Waals surface area (Å²) in [5.74, 6) is -3.51. The fourth-order valence-electron chi connectivity index (χ4n) is 12.0. The molecule has 4 saturated heterocycles. The van der Waals surface area contributed by atoms with Gasteiger partial charge in [0.2, 0.25) is 0 Å². The van der Waals surface area contributed by atoms with Crippen LogP contribution in [0.25, 0.3) is 20.9 Å². The van der Waals surface area contributed by atoms with E-state index in [1.165, 1.54) is 13.2 Å². The second-order valence-electron chi connectivity index (χ2n) is 22.9. The zero-order valence-electron chi connectivity index (χ0n) is 53.6. The van der Waals surface area contributed by atoms with Crippen LogP contribution < -0.4 is 0 Å². The largest absolute Gasteiger partial charge is 0.509 e. The van der Waals surface area contributed by atoms with Crippen LogP contribution in [0.4, 0.5) is 4.79 Å². The van der Waals surface area contributed by atoms with Gasteiger partial charge in [-0.15, -0.1) is 0 Å². The molecule has 8 unspecified atom stereocenters. The molecule has 26 nitrogen and oxygen atoms in total. The van der Waals surface area contributed by atoms with Crippen molar-refractivity contribution in [2.45, 2.75) is 183 Å². The average molecular weight is 1310 g/mol. The van der Waals surface area contributed by atoms with Gasteiger partial charge in [-0.05, 0) is 71.1 Å². The van der Waals surface area contributed by atoms with Gasteiger partial charge in [-0.3, -0.25) is 0 Å². The van der Waals surface area contributed by atoms with E-state index in [2.05, 4.69) is 26.6 Å². The normalized spacial score (nSPS) is 30.4. The molecule has 5 aromatic rings. The SMILES string of the molecule is C=CCOC(=O)OC1[C@H](O[C@@H]2C(CC)O[C@@H](O[C@H]3C(C(=O)OC)O[C@H](C)C(OC(=O)c4ccccc4)[C@@H]3OCc3ccccc3)C(N=[N+]=[N-])[C@H]2C)OC(C(=O)OC)[C@@H](O[C@H]2OC(CC)[C@@H](OCc3ccccc3)[C@@H](OCc3ccccc3)C2N=[N+]=[N-])[C@H]1OCc1ccccc1. The summed E-state index contributed by atoms with van der Waals surface area (Å²) in [6.45, 7) is 10.3. The van der Waals surface area contributed by atoms with Gasteiger partial charge in [0.15, 0.2) is 43.3 Å². The maximum absolute atomic E-state index is 14.6. The summed E-state index contributed by atoms with van der Waals surface area (Å²) in [5.41, 5.74) is 24.0. The minimum Gasteiger partial charge on any atom is -0.467 e. The minimum atomic E-state index is -1.81. The predicted octanol–water partition coefficient (Wildman–Crippen LogP) is 10.5. The van der Waals surface area contributed by atoms with E-state index in [9.17, 15) is 30.2 Å². The Hall–Kier alpha value is -8.30. The van der Waals surface area contributed by atoms with Crippen molar-refractivity contribution >= 4 is 24.1 Å². The molecule has 5 aromatic carbocycles. The fourth-order valence-corrected chi connectivity index (χ4v) is 12.0. The molecule has 0 aromatic heterocycles. The van der Waals surface area contributed by atoms with E-state index < -0.39 is 146 Å². The summed E-state index contributed by atoms with van der Waals surface area (Å²) >= 11 is 0. The third kappa shape index (κ3) is 18.2. The molecular weight excluding hydrogens is 1230 g/mol. The lowest BCUT2D eigenvalue weighted by Crippen LogP contribution is -2.67. The van der Waals surface area contributed by atoms with Crippen molar-refractivity contribution in [3.05, 3.63) is 213 Å². The van der Waals surface area contributed by atoms with Crippen molar-refractivity contribution in [1.82, 2.24) is 0 Å². The van der Waals surface area contributed by atoms with Crippen molar-refractivity contribution in [1.29, 1.82) is 0 Å². The molecule has 26 heteroatoms. The Bertz CT molecular complexity index is 3340. The first-order chi connectivity index (χ1) is 46.3. The number of azide groups is 2. The van der Waals surface area contributed by atoms with Crippen molar-refractivity contribution in [2.24, 2.45) is 16.1 Å². The molecule has 9 rings (SSSR count). The summed E-state index contributed by atoms with van der Waals surface area (Å²) in [6, 6.07) is 42.6. The number of hydrogen-bond acceptors (Lipinski definition) is 22. The number of methoxy groups -OCH3 is 2. The molecular formula is C69H80N6O20. The van der Waals surface area contributed by atoms with Gasteiger partial charge in [0.25, 0.3) is 0 Å². The van der Waals surface area contributed by atoms with Gasteiger partial charge in [-0.2, -0.15) is 0 Å². The maximum atomic E-state index is 14.6. The Morgan fingerprint density at radius 2 is 0.895 bits per heavy atom. The number of rotatable bonds is 29. The lowest BCUT2D eigenvalue weighted by molar-refractivity contribution is -0.367. The summed E-state index contributed by atoms with van der Waals surface area (Å²) in [4.78, 5) is 62.9. The standard InChI is InChI=1S/C69H80N6O20/c1-8-36-82-69(79)95-62-57(86-40-46-32-22-14-23-33-46)59(93-67-51(73-75-71)55(84-38-44-28-18-12-19-29-44)54(49(10-3)89-67)83-37-43-26-16-11-17-27-43)61(65(78)81-7)94-68(62)91-52-41(4)50(72-74-70)66(88-48(52)9-2)92-58-56(85-39-45-30-20-13-21-31-45)53(42(5)87-60(58)64(77)80-6)90-63(76)47-34-24-15-25-35-47/h8,11-35,41-42,48-62,66-68H,1,9-10,36-40H2,2-7H3/t41-,42-,48?,49?,50?,51?,52+,53?,54-,55+,56+,57-,58-,59+,60?,61?,62?,66+,67-,68-/m1/s1. The van der Waals surface area contributed by atoms with Crippen molar-refractivity contribution in [3.8, 4) is 0 Å². The predicted molar refractivity (Wildman–Crippen MR) is 337 cm³/mol. The quantitative estimate of drug-likeness (QED) is 0.0107. The molecule has 0 saturated carbocycles. The summed E-state index contributed by atoms with van der Waals surface area (Å²) in [6.07, 6.45) is -22.5. The van der Waals surface area contributed by atoms with Crippen LogP contribution in [-0.4, -0.2) is 161 Å². The molecule has 4 aliphatic heterocycles. The molecule has 0 aliphatic carbocycles. The Labute approximate surface area is 550 Å². The highest BCUT2D eigenvalue weighted by Crippen LogP contribution is 2.42. The molecule has 506 valence electrons. The molecule has 0 bridgehead atoms. The Morgan fingerprint density at radius 3 is 1.36 bits per heavy atom. The zero-order valence-corrected chi connectivity index (χ0v) is 53.6. The van der Waals surface area contributed by atoms with Crippen LogP contribution in [0.2, 0.25) is 0 Å². The summed E-state index contributed by atoms with van der Waals surface area (Å²) < 4.78 is 103. The average Bonchev–Trinajstić information content (AvgIpc) is 0.778. The van der Waals surface area contributed by atoms with E-state index in [1.807, 2.05) is 104 Å². The fraction of sp³-hybridized carbons (Fsp3) is 0.478. The topological polar surface area (TPSA) is 313 Å². The second kappa shape index (κ2) is 35.4. The third-order valence-electron chi connectivity index (χ3n) is 16.8. The molecule has 0 amide bonds. The monoisotopic (exact) mass is 1310 g/mol. The van der Waals surface area contributed by atoms with Gasteiger partial charge in [-0.1, -0.05) is 183 Å². The van der Waals surface area contributed by atoms with Crippen LogP contribution in [0.15, 0.2) is 175 Å². The first-order valence-corrected chi connectivity index (χ1v) is 31.5. The van der Waals surface area contributed by atoms with Crippen LogP contribution in [0.5, 0.6) is 0 Å². The summed E-state index contributed by atoms with van der Waals surface area (Å²) in [5, 5.41) is 8.43. The van der Waals surface area contributed by atoms with Gasteiger partial charge in [0.1, 0.15) is 49.3 Å². The van der Waals surface area contributed by atoms with Crippen LogP contribution in [0.3, 0.4) is 0 Å². The van der Waals surface area contributed by atoms with Gasteiger partial charge in [0.05, 0.1) is 76.7 Å². The second-order valence-corrected chi connectivity index (χ2v) is 22.9. The molecule has 4 heterocycles. The van der Waals surface area contributed by atoms with E-state index in [4.69, 9.17) is 75.8 Å². The highest BCUT2D eigenvalue weighted by molar-refractivity contribution is 5.89. The molecule has 20 atom stereocenters. The van der Waals surface area contributed by atoms with E-state index >= 15 is 0 Å². The highest BCUT2D eigenvalue weighted by Gasteiger charge is 2.60. The van der Waals surface area contributed by atoms with Crippen molar-refractivity contribution in [3.63, 3.8) is 0 Å². The summed E-state index contributed by atoms with van der Waals surface area (Å²) in [7, 11) is 2.31. The van der Waals surface area contributed by atoms with Gasteiger partial charge >= 0.3 is 24.1 Å². The number of benzene rings is 5.